The first-order chi connectivity index (χ1) is 9.54. The molecule has 1 N–H and O–H groups in total. The number of nitrogens with zero attached hydrogens (tertiary/aromatic N) is 2. The molecule has 0 aliphatic carbocycles. The van der Waals surface area contributed by atoms with Crippen LogP contribution in [0.15, 0.2) is 18.2 Å². The summed E-state index contributed by atoms with van der Waals surface area (Å²) in [5, 5.41) is 19.8. The first-order valence-corrected chi connectivity index (χ1v) is 6.01. The Morgan fingerprint density at radius 1 is 1.38 bits per heavy atom. The summed E-state index contributed by atoms with van der Waals surface area (Å²) in [5.41, 5.74) is -1.91. The van der Waals surface area contributed by atoms with Gasteiger partial charge in [0.25, 0.3) is 11.6 Å². The molecule has 0 aromatic heterocycles. The number of carboxylic acid groups (broad SMARTS) is 1. The van der Waals surface area contributed by atoms with Crippen LogP contribution in [-0.4, -0.2) is 38.9 Å². The Hall–Kier alpha value is -2.51. The van der Waals surface area contributed by atoms with Gasteiger partial charge in [-0.3, -0.25) is 19.7 Å². The lowest BCUT2D eigenvalue weighted by molar-refractivity contribution is -0.385. The quantitative estimate of drug-likeness (QED) is 0.677. The highest BCUT2D eigenvalue weighted by Crippen LogP contribution is 2.24. The van der Waals surface area contributed by atoms with Crippen molar-refractivity contribution in [2.75, 3.05) is 6.54 Å². The number of carbonyl (C=O) groups is 2. The molecule has 0 unspecified atom stereocenters. The van der Waals surface area contributed by atoms with Gasteiger partial charge in [0, 0.05) is 5.54 Å². The van der Waals surface area contributed by atoms with E-state index in [1.54, 1.807) is 20.8 Å². The lowest BCUT2D eigenvalue weighted by atomic mass is 10.0. The smallest absolute Gasteiger partial charge is 0.323 e. The van der Waals surface area contributed by atoms with Crippen LogP contribution in [0.3, 0.4) is 0 Å². The molecule has 0 saturated carbocycles. The lowest BCUT2D eigenvalue weighted by Gasteiger charge is -2.34. The Balaban J connectivity index is 3.33. The number of hydrogen-bond acceptors (Lipinski definition) is 4. The molecule has 114 valence electrons. The zero-order valence-corrected chi connectivity index (χ0v) is 11.8. The summed E-state index contributed by atoms with van der Waals surface area (Å²) in [5.74, 6) is -2.93. The molecule has 0 radical (unpaired) electrons. The molecule has 1 rings (SSSR count). The van der Waals surface area contributed by atoms with E-state index in [-0.39, 0.29) is 5.56 Å². The van der Waals surface area contributed by atoms with Crippen LogP contribution >= 0.6 is 0 Å². The maximum Gasteiger partial charge on any atom is 0.323 e. The van der Waals surface area contributed by atoms with Crippen molar-refractivity contribution in [2.24, 2.45) is 0 Å². The molecule has 21 heavy (non-hydrogen) atoms. The van der Waals surface area contributed by atoms with Gasteiger partial charge in [0.2, 0.25) is 0 Å². The topological polar surface area (TPSA) is 101 Å². The second kappa shape index (κ2) is 5.86. The SMILES string of the molecule is CC(C)(C)N(CC(=O)O)C(=O)c1ccc(F)cc1[N+](=O)[O-]. The summed E-state index contributed by atoms with van der Waals surface area (Å²) in [6.45, 7) is 4.19. The Labute approximate surface area is 120 Å². The maximum atomic E-state index is 13.1. The molecule has 0 saturated heterocycles. The third-order valence-corrected chi connectivity index (χ3v) is 2.74. The molecule has 0 aliphatic heterocycles. The Morgan fingerprint density at radius 3 is 2.38 bits per heavy atom. The van der Waals surface area contributed by atoms with Gasteiger partial charge in [-0.1, -0.05) is 0 Å². The van der Waals surface area contributed by atoms with E-state index >= 15 is 0 Å². The molecule has 1 amide bonds. The number of carboxylic acids is 1. The van der Waals surface area contributed by atoms with E-state index in [2.05, 4.69) is 0 Å². The summed E-state index contributed by atoms with van der Waals surface area (Å²) in [6, 6.07) is 2.53. The zero-order chi connectivity index (χ0) is 16.4. The molecule has 1 aromatic rings. The standard InChI is InChI=1S/C13H15FN2O5/c1-13(2,3)15(7-11(17)18)12(19)9-5-4-8(14)6-10(9)16(20)21/h4-6H,7H2,1-3H3,(H,17,18). The zero-order valence-electron chi connectivity index (χ0n) is 11.8. The third kappa shape index (κ3) is 3.98. The molecule has 0 heterocycles. The summed E-state index contributed by atoms with van der Waals surface area (Å²) in [6.07, 6.45) is 0. The lowest BCUT2D eigenvalue weighted by Crippen LogP contribution is -2.48. The minimum Gasteiger partial charge on any atom is -0.480 e. The van der Waals surface area contributed by atoms with Crippen LogP contribution in [-0.2, 0) is 4.79 Å². The number of amides is 1. The highest BCUT2D eigenvalue weighted by Gasteiger charge is 2.33. The largest absolute Gasteiger partial charge is 0.480 e. The van der Waals surface area contributed by atoms with Crippen LogP contribution in [0.25, 0.3) is 0 Å². The number of carbonyl (C=O) groups excluding carboxylic acids is 1. The average Bonchev–Trinajstić information content (AvgIpc) is 2.33. The van der Waals surface area contributed by atoms with Gasteiger partial charge in [0.05, 0.1) is 11.0 Å². The van der Waals surface area contributed by atoms with Crippen molar-refractivity contribution in [3.05, 3.63) is 39.7 Å². The normalized spacial score (nSPS) is 11.0. The molecule has 0 atom stereocenters. The fourth-order valence-corrected chi connectivity index (χ4v) is 1.73. The predicted octanol–water partition coefficient (Wildman–Crippen LogP) is 2.06. The van der Waals surface area contributed by atoms with E-state index in [0.29, 0.717) is 6.07 Å². The van der Waals surface area contributed by atoms with Crippen LogP contribution in [0.1, 0.15) is 31.1 Å². The third-order valence-electron chi connectivity index (χ3n) is 2.74. The number of halogens is 1. The monoisotopic (exact) mass is 298 g/mol. The van der Waals surface area contributed by atoms with Gasteiger partial charge in [0.1, 0.15) is 17.9 Å². The maximum absolute atomic E-state index is 13.1. The van der Waals surface area contributed by atoms with Gasteiger partial charge >= 0.3 is 5.97 Å². The minimum atomic E-state index is -1.25. The number of aliphatic carboxylic acids is 1. The van der Waals surface area contributed by atoms with E-state index in [9.17, 15) is 24.1 Å². The summed E-state index contributed by atoms with van der Waals surface area (Å²) >= 11 is 0. The van der Waals surface area contributed by atoms with Gasteiger partial charge < -0.3 is 10.0 Å². The number of nitro groups is 1. The average molecular weight is 298 g/mol. The van der Waals surface area contributed by atoms with Crippen molar-refractivity contribution in [2.45, 2.75) is 26.3 Å². The molecule has 0 fully saturated rings. The minimum absolute atomic E-state index is 0.349. The molecular weight excluding hydrogens is 283 g/mol. The van der Waals surface area contributed by atoms with Gasteiger partial charge in [-0.2, -0.15) is 0 Å². The van der Waals surface area contributed by atoms with E-state index in [0.717, 1.165) is 17.0 Å². The highest BCUT2D eigenvalue weighted by molar-refractivity contribution is 5.99. The van der Waals surface area contributed by atoms with Crippen molar-refractivity contribution in [1.29, 1.82) is 0 Å². The number of benzene rings is 1. The van der Waals surface area contributed by atoms with Crippen LogP contribution in [0.4, 0.5) is 10.1 Å². The highest BCUT2D eigenvalue weighted by atomic mass is 19.1. The predicted molar refractivity (Wildman–Crippen MR) is 71.5 cm³/mol. The van der Waals surface area contributed by atoms with Gasteiger partial charge in [-0.05, 0) is 32.9 Å². The Bertz CT molecular complexity index is 595. The van der Waals surface area contributed by atoms with E-state index < -0.39 is 40.4 Å². The Morgan fingerprint density at radius 2 is 1.95 bits per heavy atom. The molecule has 1 aromatic carbocycles. The molecule has 0 aliphatic rings. The molecule has 0 spiro atoms. The van der Waals surface area contributed by atoms with Gasteiger partial charge in [0.15, 0.2) is 0 Å². The first-order valence-electron chi connectivity index (χ1n) is 6.01. The molecular formula is C13H15FN2O5. The van der Waals surface area contributed by atoms with Crippen LogP contribution in [0.5, 0.6) is 0 Å². The first kappa shape index (κ1) is 16.5. The Kier molecular flexibility index (Phi) is 4.62. The fraction of sp³-hybridized carbons (Fsp3) is 0.385. The molecule has 8 heteroatoms. The summed E-state index contributed by atoms with van der Waals surface area (Å²) in [4.78, 5) is 34.3. The van der Waals surface area contributed by atoms with E-state index in [1.807, 2.05) is 0 Å². The van der Waals surface area contributed by atoms with Crippen molar-refractivity contribution in [1.82, 2.24) is 4.90 Å². The van der Waals surface area contributed by atoms with Gasteiger partial charge in [-0.25, -0.2) is 4.39 Å². The van der Waals surface area contributed by atoms with Crippen LogP contribution in [0.2, 0.25) is 0 Å². The number of hydrogen-bond donors (Lipinski definition) is 1. The van der Waals surface area contributed by atoms with Crippen molar-refractivity contribution in [3.63, 3.8) is 0 Å². The summed E-state index contributed by atoms with van der Waals surface area (Å²) < 4.78 is 13.1. The van der Waals surface area contributed by atoms with Crippen molar-refractivity contribution < 1.29 is 24.0 Å². The molecule has 7 nitrogen and oxygen atoms in total. The number of rotatable bonds is 4. The van der Waals surface area contributed by atoms with Crippen molar-refractivity contribution >= 4 is 17.6 Å². The molecule has 0 bridgehead atoms. The van der Waals surface area contributed by atoms with E-state index in [1.165, 1.54) is 0 Å². The fourth-order valence-electron chi connectivity index (χ4n) is 1.73. The van der Waals surface area contributed by atoms with E-state index in [4.69, 9.17) is 5.11 Å². The van der Waals surface area contributed by atoms with Crippen LogP contribution in [0, 0.1) is 15.9 Å². The van der Waals surface area contributed by atoms with Crippen molar-refractivity contribution in [3.8, 4) is 0 Å². The van der Waals surface area contributed by atoms with Crippen LogP contribution < -0.4 is 0 Å². The second-order valence-electron chi connectivity index (χ2n) is 5.37. The van der Waals surface area contributed by atoms with Gasteiger partial charge in [-0.15, -0.1) is 0 Å². The summed E-state index contributed by atoms with van der Waals surface area (Å²) in [7, 11) is 0. The second-order valence-corrected chi connectivity index (χ2v) is 5.37. The number of nitro benzene ring substituents is 1.